The number of carbonyl (C=O) groups is 1. The lowest BCUT2D eigenvalue weighted by atomic mass is 10.1. The van der Waals surface area contributed by atoms with Gasteiger partial charge in [0.1, 0.15) is 0 Å². The van der Waals surface area contributed by atoms with Crippen molar-refractivity contribution in [2.24, 2.45) is 0 Å². The van der Waals surface area contributed by atoms with E-state index in [1.807, 2.05) is 18.2 Å². The molecule has 0 radical (unpaired) electrons. The van der Waals surface area contributed by atoms with E-state index < -0.39 is 0 Å². The lowest BCUT2D eigenvalue weighted by molar-refractivity contribution is 0.0784. The highest BCUT2D eigenvalue weighted by Crippen LogP contribution is 2.40. The molecule has 0 atom stereocenters. The van der Waals surface area contributed by atoms with Crippen LogP contribution in [-0.4, -0.2) is 39.2 Å². The quantitative estimate of drug-likeness (QED) is 0.749. The van der Waals surface area contributed by atoms with Crippen LogP contribution in [0.5, 0.6) is 17.2 Å². The molecule has 2 rings (SSSR count). The van der Waals surface area contributed by atoms with Crippen LogP contribution in [0.2, 0.25) is 0 Å². The number of ether oxygens (including phenoxy) is 3. The van der Waals surface area contributed by atoms with Crippen LogP contribution in [0.1, 0.15) is 15.9 Å². The van der Waals surface area contributed by atoms with Crippen LogP contribution in [0.25, 0.3) is 0 Å². The van der Waals surface area contributed by atoms with Crippen molar-refractivity contribution in [3.05, 3.63) is 52.0 Å². The summed E-state index contributed by atoms with van der Waals surface area (Å²) in [6, 6.07) is 10.9. The fourth-order valence-corrected chi connectivity index (χ4v) is 2.69. The normalized spacial score (nSPS) is 10.2. The molecule has 2 aromatic rings. The zero-order chi connectivity index (χ0) is 17.7. The van der Waals surface area contributed by atoms with Crippen LogP contribution in [0.15, 0.2) is 40.9 Å². The van der Waals surface area contributed by atoms with Crippen LogP contribution in [0.3, 0.4) is 0 Å². The van der Waals surface area contributed by atoms with Crippen LogP contribution >= 0.6 is 15.9 Å². The molecule has 24 heavy (non-hydrogen) atoms. The van der Waals surface area contributed by atoms with Crippen molar-refractivity contribution in [3.8, 4) is 17.2 Å². The first-order valence-corrected chi connectivity index (χ1v) is 8.10. The topological polar surface area (TPSA) is 48.0 Å². The van der Waals surface area contributed by atoms with Gasteiger partial charge < -0.3 is 19.1 Å². The number of methoxy groups -OCH3 is 3. The van der Waals surface area contributed by atoms with Gasteiger partial charge in [0.25, 0.3) is 5.91 Å². The maximum Gasteiger partial charge on any atom is 0.253 e. The lowest BCUT2D eigenvalue weighted by Crippen LogP contribution is -2.26. The van der Waals surface area contributed by atoms with Crippen LogP contribution in [-0.2, 0) is 6.54 Å². The Bertz CT molecular complexity index is 716. The van der Waals surface area contributed by atoms with E-state index in [-0.39, 0.29) is 5.91 Å². The third-order valence-electron chi connectivity index (χ3n) is 3.63. The van der Waals surface area contributed by atoms with Crippen molar-refractivity contribution in [1.29, 1.82) is 0 Å². The van der Waals surface area contributed by atoms with Crippen LogP contribution in [0.4, 0.5) is 0 Å². The second kappa shape index (κ2) is 8.06. The SMILES string of the molecule is COc1ccc(CN(C)C(=O)c2ccc(Br)cc2)c(OC)c1OC. The average Bonchev–Trinajstić information content (AvgIpc) is 2.61. The number of hydrogen-bond acceptors (Lipinski definition) is 4. The Morgan fingerprint density at radius 2 is 1.58 bits per heavy atom. The molecule has 128 valence electrons. The predicted molar refractivity (Wildman–Crippen MR) is 96.0 cm³/mol. The van der Waals surface area contributed by atoms with Crippen LogP contribution in [0, 0.1) is 0 Å². The standard InChI is InChI=1S/C18H20BrNO4/c1-20(18(21)12-5-8-14(19)9-6-12)11-13-7-10-15(22-2)17(24-4)16(13)23-3/h5-10H,11H2,1-4H3. The van der Waals surface area contributed by atoms with Gasteiger partial charge in [0.05, 0.1) is 21.3 Å². The fourth-order valence-electron chi connectivity index (χ4n) is 2.43. The Labute approximate surface area is 150 Å². The second-order valence-corrected chi connectivity index (χ2v) is 6.08. The number of carbonyl (C=O) groups excluding carboxylic acids is 1. The van der Waals surface area contributed by atoms with Gasteiger partial charge in [-0.15, -0.1) is 0 Å². The van der Waals surface area contributed by atoms with Crippen molar-refractivity contribution in [2.75, 3.05) is 28.4 Å². The van der Waals surface area contributed by atoms with E-state index in [2.05, 4.69) is 15.9 Å². The van der Waals surface area contributed by atoms with Gasteiger partial charge in [-0.05, 0) is 36.4 Å². The minimum absolute atomic E-state index is 0.0701. The summed E-state index contributed by atoms with van der Waals surface area (Å²) in [4.78, 5) is 14.2. The molecule has 0 unspecified atom stereocenters. The summed E-state index contributed by atoms with van der Waals surface area (Å²) in [5, 5.41) is 0. The predicted octanol–water partition coefficient (Wildman–Crippen LogP) is 3.75. The van der Waals surface area contributed by atoms with E-state index >= 15 is 0 Å². The molecule has 0 N–H and O–H groups in total. The zero-order valence-electron chi connectivity index (χ0n) is 14.1. The summed E-state index contributed by atoms with van der Waals surface area (Å²) in [5.74, 6) is 1.59. The van der Waals surface area contributed by atoms with Crippen molar-refractivity contribution >= 4 is 21.8 Å². The molecule has 6 heteroatoms. The molecule has 0 spiro atoms. The molecule has 1 amide bonds. The van der Waals surface area contributed by atoms with E-state index in [0.29, 0.717) is 29.4 Å². The molecule has 0 heterocycles. The molecule has 0 fully saturated rings. The van der Waals surface area contributed by atoms with Gasteiger partial charge in [-0.3, -0.25) is 4.79 Å². The molecule has 0 saturated carbocycles. The zero-order valence-corrected chi connectivity index (χ0v) is 15.7. The molecule has 0 aliphatic rings. The number of benzene rings is 2. The van der Waals surface area contributed by atoms with E-state index in [4.69, 9.17) is 14.2 Å². The van der Waals surface area contributed by atoms with Gasteiger partial charge in [0.15, 0.2) is 11.5 Å². The monoisotopic (exact) mass is 393 g/mol. The van der Waals surface area contributed by atoms with E-state index in [0.717, 1.165) is 10.0 Å². The molecule has 0 bridgehead atoms. The third kappa shape index (κ3) is 3.82. The molecule has 0 saturated heterocycles. The highest BCUT2D eigenvalue weighted by Gasteiger charge is 2.19. The van der Waals surface area contributed by atoms with Crippen molar-refractivity contribution in [3.63, 3.8) is 0 Å². The Balaban J connectivity index is 2.26. The van der Waals surface area contributed by atoms with Gasteiger partial charge in [-0.25, -0.2) is 0 Å². The van der Waals surface area contributed by atoms with Crippen LogP contribution < -0.4 is 14.2 Å². The van der Waals surface area contributed by atoms with E-state index in [1.54, 1.807) is 51.5 Å². The summed E-state index contributed by atoms with van der Waals surface area (Å²) >= 11 is 3.37. The minimum Gasteiger partial charge on any atom is -0.493 e. The van der Waals surface area contributed by atoms with Gasteiger partial charge in [0, 0.05) is 29.2 Å². The maximum atomic E-state index is 12.6. The summed E-state index contributed by atoms with van der Waals surface area (Å²) < 4.78 is 17.1. The third-order valence-corrected chi connectivity index (χ3v) is 4.16. The number of amides is 1. The fraction of sp³-hybridized carbons (Fsp3) is 0.278. The molecule has 5 nitrogen and oxygen atoms in total. The molecule has 0 aliphatic carbocycles. The van der Waals surface area contributed by atoms with Gasteiger partial charge >= 0.3 is 0 Å². The highest BCUT2D eigenvalue weighted by atomic mass is 79.9. The van der Waals surface area contributed by atoms with E-state index in [9.17, 15) is 4.79 Å². The Morgan fingerprint density at radius 3 is 2.12 bits per heavy atom. The number of hydrogen-bond donors (Lipinski definition) is 0. The van der Waals surface area contributed by atoms with Crippen molar-refractivity contribution in [2.45, 2.75) is 6.54 Å². The first-order chi connectivity index (χ1) is 11.5. The van der Waals surface area contributed by atoms with Gasteiger partial charge in [0.2, 0.25) is 5.75 Å². The first-order valence-electron chi connectivity index (χ1n) is 7.30. The largest absolute Gasteiger partial charge is 0.493 e. The lowest BCUT2D eigenvalue weighted by Gasteiger charge is -2.21. The summed E-state index contributed by atoms with van der Waals surface area (Å²) in [5.41, 5.74) is 1.46. The average molecular weight is 394 g/mol. The van der Waals surface area contributed by atoms with Gasteiger partial charge in [-0.2, -0.15) is 0 Å². The Morgan fingerprint density at radius 1 is 0.958 bits per heavy atom. The smallest absolute Gasteiger partial charge is 0.253 e. The van der Waals surface area contributed by atoms with Gasteiger partial charge in [-0.1, -0.05) is 15.9 Å². The minimum atomic E-state index is -0.0701. The number of rotatable bonds is 6. The maximum absolute atomic E-state index is 12.6. The Kier molecular flexibility index (Phi) is 6.09. The van der Waals surface area contributed by atoms with Crippen molar-refractivity contribution in [1.82, 2.24) is 4.90 Å². The summed E-state index contributed by atoms with van der Waals surface area (Å²) in [6.45, 7) is 0.387. The van der Waals surface area contributed by atoms with E-state index in [1.165, 1.54) is 0 Å². The molecular weight excluding hydrogens is 374 g/mol. The number of halogens is 1. The molecular formula is C18H20BrNO4. The molecule has 0 aromatic heterocycles. The molecule has 2 aromatic carbocycles. The Hall–Kier alpha value is -2.21. The summed E-state index contributed by atoms with van der Waals surface area (Å²) in [7, 11) is 6.44. The first kappa shape index (κ1) is 18.1. The molecule has 0 aliphatic heterocycles. The van der Waals surface area contributed by atoms with Crippen molar-refractivity contribution < 1.29 is 19.0 Å². The highest BCUT2D eigenvalue weighted by molar-refractivity contribution is 9.10. The second-order valence-electron chi connectivity index (χ2n) is 5.16. The number of nitrogens with zero attached hydrogens (tertiary/aromatic N) is 1. The summed E-state index contributed by atoms with van der Waals surface area (Å²) in [6.07, 6.45) is 0.